The standard InChI is InChI=1S/C20H26N6O3.HI/c1-14-6-7-15(17(11-14)29-10-9-27-3)12-22-20(21-2)23-13-18-24-19(26-25-18)16-5-4-8-28-16;/h4-8,11H,9-10,12-13H2,1-3H3,(H2,21,22,23)(H,24,25,26);1H. The van der Waals surface area contributed by atoms with Gasteiger partial charge in [0.05, 0.1) is 19.4 Å². The normalized spacial score (nSPS) is 11.1. The number of benzene rings is 1. The highest BCUT2D eigenvalue weighted by molar-refractivity contribution is 14.0. The topological polar surface area (TPSA) is 110 Å². The van der Waals surface area contributed by atoms with Crippen LogP contribution < -0.4 is 15.4 Å². The van der Waals surface area contributed by atoms with E-state index in [9.17, 15) is 0 Å². The van der Waals surface area contributed by atoms with E-state index in [1.165, 1.54) is 0 Å². The Hall–Kier alpha value is -2.60. The highest BCUT2D eigenvalue weighted by atomic mass is 127. The van der Waals surface area contributed by atoms with Crippen LogP contribution in [0.1, 0.15) is 17.0 Å². The molecule has 0 aliphatic rings. The number of guanidine groups is 1. The first-order valence-electron chi connectivity index (χ1n) is 9.30. The molecular weight excluding hydrogens is 499 g/mol. The fraction of sp³-hybridized carbons (Fsp3) is 0.350. The van der Waals surface area contributed by atoms with Gasteiger partial charge in [-0.05, 0) is 30.7 Å². The molecule has 0 bridgehead atoms. The van der Waals surface area contributed by atoms with E-state index in [4.69, 9.17) is 13.9 Å². The molecule has 0 spiro atoms. The van der Waals surface area contributed by atoms with Crippen molar-refractivity contribution in [3.63, 3.8) is 0 Å². The molecule has 3 aromatic rings. The number of ether oxygens (including phenoxy) is 2. The monoisotopic (exact) mass is 526 g/mol. The lowest BCUT2D eigenvalue weighted by atomic mass is 10.1. The van der Waals surface area contributed by atoms with E-state index in [0.717, 1.165) is 16.9 Å². The number of aryl methyl sites for hydroxylation is 1. The Bertz CT molecular complexity index is 927. The molecule has 2 aromatic heterocycles. The van der Waals surface area contributed by atoms with Crippen LogP contribution >= 0.6 is 24.0 Å². The number of furan rings is 1. The Morgan fingerprint density at radius 3 is 2.77 bits per heavy atom. The van der Waals surface area contributed by atoms with Crippen LogP contribution in [0.3, 0.4) is 0 Å². The van der Waals surface area contributed by atoms with Gasteiger partial charge < -0.3 is 24.5 Å². The van der Waals surface area contributed by atoms with E-state index < -0.39 is 0 Å². The number of methoxy groups -OCH3 is 1. The second kappa shape index (κ2) is 12.2. The first-order chi connectivity index (χ1) is 14.2. The largest absolute Gasteiger partial charge is 0.491 e. The summed E-state index contributed by atoms with van der Waals surface area (Å²) in [6.45, 7) is 4.09. The SMILES string of the molecule is CN=C(NCc1nc(-c2ccco2)n[nH]1)NCc1ccc(C)cc1OCCOC.I. The minimum Gasteiger partial charge on any atom is -0.491 e. The van der Waals surface area contributed by atoms with Crippen molar-refractivity contribution >= 4 is 29.9 Å². The van der Waals surface area contributed by atoms with Crippen molar-refractivity contribution in [1.82, 2.24) is 25.8 Å². The van der Waals surface area contributed by atoms with Gasteiger partial charge in [0.2, 0.25) is 5.82 Å². The molecule has 0 amide bonds. The lowest BCUT2D eigenvalue weighted by Gasteiger charge is -2.15. The number of nitrogens with zero attached hydrogens (tertiary/aromatic N) is 3. The van der Waals surface area contributed by atoms with E-state index in [0.29, 0.717) is 49.7 Å². The predicted octanol–water partition coefficient (Wildman–Crippen LogP) is 2.88. The third-order valence-corrected chi connectivity index (χ3v) is 4.13. The summed E-state index contributed by atoms with van der Waals surface area (Å²) in [7, 11) is 3.37. The molecule has 0 saturated heterocycles. The Morgan fingerprint density at radius 1 is 1.20 bits per heavy atom. The highest BCUT2D eigenvalue weighted by Crippen LogP contribution is 2.20. The Balaban J connectivity index is 0.00000320. The number of H-pyrrole nitrogens is 1. The molecule has 162 valence electrons. The minimum atomic E-state index is 0. The molecule has 0 aliphatic heterocycles. The van der Waals surface area contributed by atoms with Crippen molar-refractivity contribution in [2.75, 3.05) is 27.4 Å². The van der Waals surface area contributed by atoms with Crippen LogP contribution in [0, 0.1) is 6.92 Å². The van der Waals surface area contributed by atoms with Gasteiger partial charge in [-0.2, -0.15) is 0 Å². The zero-order chi connectivity index (χ0) is 20.5. The number of hydrogen-bond donors (Lipinski definition) is 3. The molecule has 2 heterocycles. The first-order valence-corrected chi connectivity index (χ1v) is 9.30. The van der Waals surface area contributed by atoms with Crippen molar-refractivity contribution in [3.05, 3.63) is 53.5 Å². The van der Waals surface area contributed by atoms with Gasteiger partial charge >= 0.3 is 0 Å². The third-order valence-electron chi connectivity index (χ3n) is 4.13. The summed E-state index contributed by atoms with van der Waals surface area (Å²) in [6, 6.07) is 9.74. The molecule has 10 heteroatoms. The van der Waals surface area contributed by atoms with Gasteiger partial charge in [0.25, 0.3) is 0 Å². The number of rotatable bonds is 9. The van der Waals surface area contributed by atoms with Gasteiger partial charge in [0.15, 0.2) is 11.7 Å². The van der Waals surface area contributed by atoms with E-state index in [2.05, 4.69) is 36.9 Å². The lowest BCUT2D eigenvalue weighted by molar-refractivity contribution is 0.145. The molecule has 0 saturated carbocycles. The fourth-order valence-electron chi connectivity index (χ4n) is 2.63. The van der Waals surface area contributed by atoms with Crippen molar-refractivity contribution in [2.45, 2.75) is 20.0 Å². The van der Waals surface area contributed by atoms with Gasteiger partial charge in [-0.25, -0.2) is 4.98 Å². The Morgan fingerprint density at radius 2 is 2.03 bits per heavy atom. The summed E-state index contributed by atoms with van der Waals surface area (Å²) in [4.78, 5) is 8.66. The van der Waals surface area contributed by atoms with Crippen LogP contribution in [0.15, 0.2) is 46.0 Å². The van der Waals surface area contributed by atoms with Crippen LogP contribution in [0.25, 0.3) is 11.6 Å². The molecule has 1 aromatic carbocycles. The number of halogens is 1. The minimum absolute atomic E-state index is 0. The van der Waals surface area contributed by atoms with E-state index >= 15 is 0 Å². The highest BCUT2D eigenvalue weighted by Gasteiger charge is 2.09. The van der Waals surface area contributed by atoms with Gasteiger partial charge in [-0.1, -0.05) is 12.1 Å². The molecule has 9 nitrogen and oxygen atoms in total. The van der Waals surface area contributed by atoms with Gasteiger partial charge in [0.1, 0.15) is 18.2 Å². The van der Waals surface area contributed by atoms with E-state index in [1.807, 2.05) is 25.1 Å². The van der Waals surface area contributed by atoms with E-state index in [-0.39, 0.29) is 24.0 Å². The number of aromatic nitrogens is 3. The molecular formula is C20H27IN6O3. The Labute approximate surface area is 192 Å². The zero-order valence-electron chi connectivity index (χ0n) is 17.3. The maximum atomic E-state index is 5.83. The second-order valence-electron chi connectivity index (χ2n) is 6.31. The fourth-order valence-corrected chi connectivity index (χ4v) is 2.63. The van der Waals surface area contributed by atoms with Crippen molar-refractivity contribution in [3.8, 4) is 17.3 Å². The smallest absolute Gasteiger partial charge is 0.216 e. The molecule has 0 radical (unpaired) electrons. The average Bonchev–Trinajstić information content (AvgIpc) is 3.41. The van der Waals surface area contributed by atoms with E-state index in [1.54, 1.807) is 26.5 Å². The van der Waals surface area contributed by atoms with Crippen LogP contribution in [0.5, 0.6) is 5.75 Å². The quantitative estimate of drug-likeness (QED) is 0.170. The summed E-state index contributed by atoms with van der Waals surface area (Å²) in [6.07, 6.45) is 1.59. The van der Waals surface area contributed by atoms with Crippen molar-refractivity contribution in [1.29, 1.82) is 0 Å². The maximum Gasteiger partial charge on any atom is 0.216 e. The number of hydrogen-bond acceptors (Lipinski definition) is 6. The van der Waals surface area contributed by atoms with Crippen LogP contribution in [-0.4, -0.2) is 48.5 Å². The third kappa shape index (κ3) is 6.73. The molecule has 30 heavy (non-hydrogen) atoms. The van der Waals surface area contributed by atoms with Crippen molar-refractivity contribution in [2.24, 2.45) is 4.99 Å². The summed E-state index contributed by atoms with van der Waals surface area (Å²) >= 11 is 0. The molecule has 0 unspecified atom stereocenters. The molecule has 0 atom stereocenters. The second-order valence-corrected chi connectivity index (χ2v) is 6.31. The molecule has 0 aliphatic carbocycles. The number of nitrogens with one attached hydrogen (secondary N) is 3. The first kappa shape index (κ1) is 23.7. The van der Waals surface area contributed by atoms with Gasteiger partial charge in [-0.15, -0.1) is 29.1 Å². The summed E-state index contributed by atoms with van der Waals surface area (Å²) in [5.74, 6) is 3.30. The summed E-state index contributed by atoms with van der Waals surface area (Å²) in [5, 5.41) is 13.5. The predicted molar refractivity (Wildman–Crippen MR) is 125 cm³/mol. The maximum absolute atomic E-state index is 5.83. The summed E-state index contributed by atoms with van der Waals surface area (Å²) in [5.41, 5.74) is 2.18. The Kier molecular flexibility index (Phi) is 9.61. The molecule has 3 N–H and O–H groups in total. The number of aliphatic imine (C=N–C) groups is 1. The zero-order valence-corrected chi connectivity index (χ0v) is 19.6. The van der Waals surface area contributed by atoms with Gasteiger partial charge in [-0.3, -0.25) is 10.1 Å². The van der Waals surface area contributed by atoms with Crippen LogP contribution in [0.2, 0.25) is 0 Å². The summed E-state index contributed by atoms with van der Waals surface area (Å²) < 4.78 is 16.2. The molecule has 0 fully saturated rings. The lowest BCUT2D eigenvalue weighted by Crippen LogP contribution is -2.36. The van der Waals surface area contributed by atoms with Crippen LogP contribution in [-0.2, 0) is 17.8 Å². The molecule has 3 rings (SSSR count). The average molecular weight is 526 g/mol. The number of aromatic amines is 1. The van der Waals surface area contributed by atoms with Crippen LogP contribution in [0.4, 0.5) is 0 Å². The van der Waals surface area contributed by atoms with Crippen molar-refractivity contribution < 1.29 is 13.9 Å². The van der Waals surface area contributed by atoms with Gasteiger partial charge in [0, 0.05) is 26.3 Å².